The Morgan fingerprint density at radius 3 is 2.67 bits per heavy atom. The summed E-state index contributed by atoms with van der Waals surface area (Å²) in [5, 5.41) is 12.0. The Bertz CT molecular complexity index is 1060. The third-order valence-electron chi connectivity index (χ3n) is 4.75. The molecule has 2 aromatic rings. The molecule has 3 rings (SSSR count). The van der Waals surface area contributed by atoms with Crippen LogP contribution in [0.3, 0.4) is 0 Å². The quantitative estimate of drug-likeness (QED) is 0.525. The molecule has 0 bridgehead atoms. The first-order chi connectivity index (χ1) is 14.2. The average molecular weight is 454 g/mol. The van der Waals surface area contributed by atoms with Crippen molar-refractivity contribution in [3.8, 4) is 0 Å². The van der Waals surface area contributed by atoms with Crippen LogP contribution in [0, 0.1) is 6.92 Å². The summed E-state index contributed by atoms with van der Waals surface area (Å²) in [6, 6.07) is 5.35. The van der Waals surface area contributed by atoms with E-state index in [-0.39, 0.29) is 28.8 Å². The second kappa shape index (κ2) is 9.02. The monoisotopic (exact) mass is 453 g/mol. The minimum atomic E-state index is -4.04. The van der Waals surface area contributed by atoms with Crippen LogP contribution in [0.25, 0.3) is 0 Å². The van der Waals surface area contributed by atoms with Crippen LogP contribution >= 0.6 is 11.3 Å². The Morgan fingerprint density at radius 1 is 1.30 bits per heavy atom. The van der Waals surface area contributed by atoms with Crippen molar-refractivity contribution in [1.29, 1.82) is 0 Å². The zero-order valence-electron chi connectivity index (χ0n) is 16.3. The highest BCUT2D eigenvalue weighted by atomic mass is 32.2. The maximum atomic E-state index is 12.4. The van der Waals surface area contributed by atoms with Crippen LogP contribution in [0.4, 0.5) is 10.5 Å². The Kier molecular flexibility index (Phi) is 6.64. The van der Waals surface area contributed by atoms with Crippen LogP contribution in [-0.4, -0.2) is 32.1 Å². The summed E-state index contributed by atoms with van der Waals surface area (Å²) in [7, 11) is -4.04. The highest BCUT2D eigenvalue weighted by Gasteiger charge is 2.29. The Morgan fingerprint density at radius 2 is 2.03 bits per heavy atom. The van der Waals surface area contributed by atoms with Crippen molar-refractivity contribution in [1.82, 2.24) is 10.0 Å². The number of amides is 2. The summed E-state index contributed by atoms with van der Waals surface area (Å²) in [5.41, 5.74) is 6.56. The minimum Gasteiger partial charge on any atom is -0.478 e. The second-order valence-corrected chi connectivity index (χ2v) is 9.68. The van der Waals surface area contributed by atoms with Gasteiger partial charge in [-0.15, -0.1) is 11.3 Å². The topological polar surface area (TPSA) is 148 Å². The molecule has 0 saturated carbocycles. The number of thiophene rings is 1. The lowest BCUT2D eigenvalue weighted by Gasteiger charge is -2.22. The van der Waals surface area contributed by atoms with Crippen LogP contribution in [0.5, 0.6) is 0 Å². The van der Waals surface area contributed by atoms with E-state index in [2.05, 4.69) is 5.32 Å². The van der Waals surface area contributed by atoms with Gasteiger partial charge in [-0.2, -0.15) is 0 Å². The summed E-state index contributed by atoms with van der Waals surface area (Å²) < 4.78 is 32.5. The number of aromatic carboxylic acids is 1. The van der Waals surface area contributed by atoms with Crippen LogP contribution in [-0.2, 0) is 21.3 Å². The molecule has 0 radical (unpaired) electrons. The minimum absolute atomic E-state index is 0.000634. The molecule has 2 amide bonds. The number of rotatable bonds is 6. The van der Waals surface area contributed by atoms with Gasteiger partial charge in [-0.3, -0.25) is 0 Å². The summed E-state index contributed by atoms with van der Waals surface area (Å²) in [6.45, 7) is 2.06. The van der Waals surface area contributed by atoms with Gasteiger partial charge in [-0.05, 0) is 37.8 Å². The molecule has 2 heterocycles. The zero-order valence-corrected chi connectivity index (χ0v) is 17.9. The van der Waals surface area contributed by atoms with Gasteiger partial charge in [0.05, 0.1) is 33.7 Å². The smallest absolute Gasteiger partial charge is 0.339 e. The Balaban J connectivity index is 1.73. The molecule has 1 aromatic heterocycles. The molecule has 0 spiro atoms. The summed E-state index contributed by atoms with van der Waals surface area (Å²) in [4.78, 5) is 24.8. The predicted molar refractivity (Wildman–Crippen MR) is 112 cm³/mol. The number of aryl methyl sites for hydroxylation is 1. The fraction of sp³-hybridized carbons (Fsp3) is 0.368. The van der Waals surface area contributed by atoms with Crippen molar-refractivity contribution < 1.29 is 27.9 Å². The maximum absolute atomic E-state index is 12.4. The van der Waals surface area contributed by atoms with Crippen LogP contribution in [0.1, 0.15) is 51.0 Å². The van der Waals surface area contributed by atoms with E-state index in [1.165, 1.54) is 6.07 Å². The number of benzene rings is 1. The van der Waals surface area contributed by atoms with Crippen molar-refractivity contribution in [2.75, 3.05) is 12.3 Å². The number of sulfonamides is 1. The van der Waals surface area contributed by atoms with Crippen LogP contribution < -0.4 is 15.8 Å². The van der Waals surface area contributed by atoms with Gasteiger partial charge >= 0.3 is 12.0 Å². The number of anilines is 1. The molecule has 1 aliphatic rings. The highest BCUT2D eigenvalue weighted by Crippen LogP contribution is 2.40. The van der Waals surface area contributed by atoms with E-state index in [9.17, 15) is 23.1 Å². The van der Waals surface area contributed by atoms with Crippen molar-refractivity contribution in [2.45, 2.75) is 43.7 Å². The zero-order chi connectivity index (χ0) is 21.9. The first kappa shape index (κ1) is 22.1. The molecule has 1 aliphatic heterocycles. The molecule has 1 unspecified atom stereocenters. The fourth-order valence-electron chi connectivity index (χ4n) is 3.27. The number of ether oxygens (including phenoxy) is 1. The standard InChI is InChI=1S/C19H23N3O6S2/c1-11-6-2-3-8-14(11)30(26,27)22-19(25)21-10-13-16(20)15(18(23)24)17(29-13)12-7-4-5-9-28-12/h2-3,6,8,12H,4-5,7,9-10,20H2,1H3,(H,23,24)(H2,21,22,25). The fourth-order valence-corrected chi connectivity index (χ4v) is 5.68. The lowest BCUT2D eigenvalue weighted by Crippen LogP contribution is -2.39. The van der Waals surface area contributed by atoms with Gasteiger partial charge in [-0.25, -0.2) is 22.7 Å². The number of carbonyl (C=O) groups is 2. The summed E-state index contributed by atoms with van der Waals surface area (Å²) in [6.07, 6.45) is 2.20. The first-order valence-corrected chi connectivity index (χ1v) is 11.6. The van der Waals surface area contributed by atoms with Gasteiger partial charge < -0.3 is 20.9 Å². The van der Waals surface area contributed by atoms with E-state index in [1.807, 2.05) is 4.72 Å². The molecule has 1 aromatic carbocycles. The lowest BCUT2D eigenvalue weighted by molar-refractivity contribution is 0.0162. The normalized spacial score (nSPS) is 16.8. The SMILES string of the molecule is Cc1ccccc1S(=O)(=O)NC(=O)NCc1sc(C2CCCCO2)c(C(=O)O)c1N. The molecule has 9 nitrogen and oxygen atoms in total. The summed E-state index contributed by atoms with van der Waals surface area (Å²) in [5.74, 6) is -1.16. The molecule has 5 N–H and O–H groups in total. The van der Waals surface area contributed by atoms with E-state index in [4.69, 9.17) is 10.5 Å². The number of carboxylic acid groups (broad SMARTS) is 1. The maximum Gasteiger partial charge on any atom is 0.339 e. The third kappa shape index (κ3) is 4.74. The number of urea groups is 1. The van der Waals surface area contributed by atoms with Gasteiger partial charge in [0, 0.05) is 11.5 Å². The molecule has 11 heteroatoms. The molecule has 162 valence electrons. The van der Waals surface area contributed by atoms with E-state index >= 15 is 0 Å². The number of hydrogen-bond acceptors (Lipinski definition) is 7. The largest absolute Gasteiger partial charge is 0.478 e. The molecule has 1 saturated heterocycles. The van der Waals surface area contributed by atoms with Gasteiger partial charge in [-0.1, -0.05) is 18.2 Å². The number of nitrogens with two attached hydrogens (primary N) is 1. The third-order valence-corrected chi connectivity index (χ3v) is 7.54. The van der Waals surface area contributed by atoms with E-state index in [0.717, 1.165) is 24.2 Å². The molecule has 1 fully saturated rings. The molecule has 30 heavy (non-hydrogen) atoms. The van der Waals surface area contributed by atoms with Crippen molar-refractivity contribution in [2.24, 2.45) is 0 Å². The molecular weight excluding hydrogens is 430 g/mol. The van der Waals surface area contributed by atoms with E-state index in [0.29, 0.717) is 28.3 Å². The number of carbonyl (C=O) groups excluding carboxylic acids is 1. The van der Waals surface area contributed by atoms with Crippen molar-refractivity contribution in [3.63, 3.8) is 0 Å². The van der Waals surface area contributed by atoms with Crippen molar-refractivity contribution in [3.05, 3.63) is 45.1 Å². The van der Waals surface area contributed by atoms with Gasteiger partial charge in [0.1, 0.15) is 0 Å². The van der Waals surface area contributed by atoms with Gasteiger partial charge in [0.2, 0.25) is 0 Å². The lowest BCUT2D eigenvalue weighted by atomic mass is 10.0. The number of hydrogen-bond donors (Lipinski definition) is 4. The average Bonchev–Trinajstić information content (AvgIpc) is 3.03. The van der Waals surface area contributed by atoms with E-state index in [1.54, 1.807) is 25.1 Å². The van der Waals surface area contributed by atoms with Gasteiger partial charge in [0.15, 0.2) is 0 Å². The number of carboxylic acids is 1. The summed E-state index contributed by atoms with van der Waals surface area (Å²) >= 11 is 1.16. The predicted octanol–water partition coefficient (Wildman–Crippen LogP) is 2.77. The van der Waals surface area contributed by atoms with Gasteiger partial charge in [0.25, 0.3) is 10.0 Å². The first-order valence-electron chi connectivity index (χ1n) is 9.33. The van der Waals surface area contributed by atoms with E-state index < -0.39 is 22.0 Å². The highest BCUT2D eigenvalue weighted by molar-refractivity contribution is 7.90. The molecule has 0 aliphatic carbocycles. The number of nitrogens with one attached hydrogen (secondary N) is 2. The molecular formula is C19H23N3O6S2. The van der Waals surface area contributed by atoms with Crippen molar-refractivity contribution >= 4 is 39.0 Å². The number of nitrogen functional groups attached to an aromatic ring is 1. The van der Waals surface area contributed by atoms with Crippen LogP contribution in [0.15, 0.2) is 29.2 Å². The molecule has 1 atom stereocenters. The Hall–Kier alpha value is -2.63. The van der Waals surface area contributed by atoms with Crippen LogP contribution in [0.2, 0.25) is 0 Å². The Labute approximate surface area is 178 Å². The second-order valence-electron chi connectivity index (χ2n) is 6.89.